The van der Waals surface area contributed by atoms with Gasteiger partial charge in [-0.05, 0) is 62.1 Å². The fourth-order valence-electron chi connectivity index (χ4n) is 7.66. The first-order chi connectivity index (χ1) is 29.9. The van der Waals surface area contributed by atoms with E-state index in [1.165, 1.54) is 31.2 Å². The number of fused-ring (bicyclic) bond motifs is 3. The van der Waals surface area contributed by atoms with Crippen LogP contribution in [0.15, 0.2) is 94.6 Å². The molecule has 0 radical (unpaired) electrons. The smallest absolute Gasteiger partial charge is 0.407 e. The standard InChI is InChI=1S/C45H39F5N4O9/c1-23-19-52(44(60)54(39(23)55)40(56)24-12-6-5-7-13-24)25-18-32(42(58)63-38-36(49)34(47)33(46)35(48)37(38)50)53(20-25)41(57)31(22-62-45(2,3)4)51-43(59)61-21-30-28-16-10-8-14-26(28)27-15-9-11-17-29(27)30/h5-17,19,25,30-32H,18,20-22H2,1-4H3,(H,51,59)/t25-,31-,32-/m0/s1. The maximum atomic E-state index is 14.8. The number of alkyl carbamates (subject to hydrolysis) is 1. The molecule has 1 aromatic heterocycles. The highest BCUT2D eigenvalue weighted by Crippen LogP contribution is 2.44. The molecule has 13 nitrogen and oxygen atoms in total. The first-order valence-corrected chi connectivity index (χ1v) is 19.6. The molecule has 328 valence electrons. The number of nitrogens with zero attached hydrogens (tertiary/aromatic N) is 3. The molecular formula is C45H39F5N4O9. The Morgan fingerprint density at radius 2 is 1.35 bits per heavy atom. The van der Waals surface area contributed by atoms with E-state index in [4.69, 9.17) is 14.2 Å². The van der Waals surface area contributed by atoms with Crippen LogP contribution in [0.25, 0.3) is 11.1 Å². The molecule has 1 N–H and O–H groups in total. The van der Waals surface area contributed by atoms with Crippen LogP contribution >= 0.6 is 0 Å². The van der Waals surface area contributed by atoms with Crippen molar-refractivity contribution in [3.63, 3.8) is 0 Å². The Hall–Kier alpha value is -6.95. The second kappa shape index (κ2) is 17.4. The summed E-state index contributed by atoms with van der Waals surface area (Å²) >= 11 is 0. The van der Waals surface area contributed by atoms with Crippen LogP contribution in [0.4, 0.5) is 26.7 Å². The number of amides is 2. The van der Waals surface area contributed by atoms with E-state index in [0.717, 1.165) is 37.9 Å². The molecule has 0 unspecified atom stereocenters. The Morgan fingerprint density at radius 1 is 0.794 bits per heavy atom. The molecule has 1 aliphatic carbocycles. The molecule has 4 aromatic carbocycles. The maximum absolute atomic E-state index is 14.8. The van der Waals surface area contributed by atoms with Crippen LogP contribution in [0.3, 0.4) is 0 Å². The van der Waals surface area contributed by atoms with Gasteiger partial charge >= 0.3 is 17.8 Å². The second-order valence-electron chi connectivity index (χ2n) is 16.0. The van der Waals surface area contributed by atoms with Gasteiger partial charge in [-0.25, -0.2) is 27.6 Å². The predicted molar refractivity (Wildman–Crippen MR) is 215 cm³/mol. The highest BCUT2D eigenvalue weighted by atomic mass is 19.2. The van der Waals surface area contributed by atoms with Crippen LogP contribution in [-0.2, 0) is 19.1 Å². The van der Waals surface area contributed by atoms with E-state index in [0.29, 0.717) is 4.57 Å². The molecule has 7 rings (SSSR count). The molecule has 0 saturated carbocycles. The number of benzene rings is 4. The second-order valence-corrected chi connectivity index (χ2v) is 16.0. The summed E-state index contributed by atoms with van der Waals surface area (Å²) in [5.41, 5.74) is 0.500. The quantitative estimate of drug-likeness (QED) is 0.0571. The zero-order chi connectivity index (χ0) is 45.5. The summed E-state index contributed by atoms with van der Waals surface area (Å²) in [6.45, 7) is 4.95. The van der Waals surface area contributed by atoms with E-state index in [9.17, 15) is 50.7 Å². The van der Waals surface area contributed by atoms with Gasteiger partial charge in [0.2, 0.25) is 40.7 Å². The Morgan fingerprint density at radius 3 is 1.94 bits per heavy atom. The normalized spacial score (nSPS) is 16.3. The molecule has 2 aliphatic rings. The lowest BCUT2D eigenvalue weighted by atomic mass is 9.98. The van der Waals surface area contributed by atoms with Crippen molar-refractivity contribution in [2.45, 2.75) is 63.8 Å². The van der Waals surface area contributed by atoms with Crippen LogP contribution in [0, 0.1) is 36.0 Å². The number of hydrogen-bond donors (Lipinski definition) is 1. The number of esters is 1. The number of halogens is 5. The number of aromatic nitrogens is 2. The van der Waals surface area contributed by atoms with Crippen molar-refractivity contribution >= 4 is 23.9 Å². The Balaban J connectivity index is 1.22. The van der Waals surface area contributed by atoms with Gasteiger partial charge in [0.25, 0.3) is 11.5 Å². The van der Waals surface area contributed by atoms with Gasteiger partial charge in [-0.1, -0.05) is 66.7 Å². The Bertz CT molecular complexity index is 2700. The first-order valence-electron chi connectivity index (χ1n) is 19.6. The summed E-state index contributed by atoms with van der Waals surface area (Å²) in [7, 11) is 0. The average molecular weight is 875 g/mol. The van der Waals surface area contributed by atoms with Crippen LogP contribution in [0.2, 0.25) is 0 Å². The van der Waals surface area contributed by atoms with E-state index in [-0.39, 0.29) is 23.7 Å². The van der Waals surface area contributed by atoms with Gasteiger partial charge in [0.05, 0.1) is 18.2 Å². The lowest BCUT2D eigenvalue weighted by Crippen LogP contribution is -2.55. The molecule has 0 spiro atoms. The van der Waals surface area contributed by atoms with Gasteiger partial charge < -0.3 is 24.4 Å². The number of aryl methyl sites for hydroxylation is 1. The van der Waals surface area contributed by atoms with Crippen molar-refractivity contribution in [1.82, 2.24) is 19.4 Å². The average Bonchev–Trinajstić information content (AvgIpc) is 3.85. The van der Waals surface area contributed by atoms with E-state index in [1.807, 2.05) is 48.5 Å². The number of ether oxygens (including phenoxy) is 3. The van der Waals surface area contributed by atoms with E-state index in [1.54, 1.807) is 26.8 Å². The van der Waals surface area contributed by atoms with Crippen molar-refractivity contribution in [1.29, 1.82) is 0 Å². The Labute approximate surface area is 355 Å². The maximum Gasteiger partial charge on any atom is 0.407 e. The first kappa shape index (κ1) is 44.1. The Kier molecular flexibility index (Phi) is 12.2. The molecule has 2 heterocycles. The van der Waals surface area contributed by atoms with Crippen LogP contribution in [0.1, 0.15) is 66.2 Å². The molecule has 63 heavy (non-hydrogen) atoms. The van der Waals surface area contributed by atoms with Crippen molar-refractivity contribution in [2.24, 2.45) is 0 Å². The predicted octanol–water partition coefficient (Wildman–Crippen LogP) is 6.17. The zero-order valence-electron chi connectivity index (χ0n) is 34.1. The SMILES string of the molecule is Cc1cn([C@H]2C[C@@H](C(=O)Oc3c(F)c(F)c(F)c(F)c3F)N(C(=O)[C@H](COC(C)(C)C)NC(=O)OCC3c4ccccc4-c4ccccc43)C2)c(=O)n(C(=O)c2ccccc2)c1=O. The summed E-state index contributed by atoms with van der Waals surface area (Å²) in [5, 5.41) is 2.46. The molecular weight excluding hydrogens is 836 g/mol. The minimum atomic E-state index is -2.52. The fourth-order valence-corrected chi connectivity index (χ4v) is 7.66. The third-order valence-corrected chi connectivity index (χ3v) is 10.7. The lowest BCUT2D eigenvalue weighted by molar-refractivity contribution is -0.148. The minimum absolute atomic E-state index is 0.0256. The number of carbonyl (C=O) groups excluding carboxylic acids is 4. The third-order valence-electron chi connectivity index (χ3n) is 10.7. The number of likely N-dealkylation sites (tertiary alicyclic amines) is 1. The van der Waals surface area contributed by atoms with Crippen molar-refractivity contribution in [3.05, 3.63) is 157 Å². The summed E-state index contributed by atoms with van der Waals surface area (Å²) < 4.78 is 89.5. The molecule has 18 heteroatoms. The van der Waals surface area contributed by atoms with Crippen LogP contribution in [0.5, 0.6) is 5.75 Å². The van der Waals surface area contributed by atoms with E-state index < -0.39 is 113 Å². The largest absolute Gasteiger partial charge is 0.449 e. The van der Waals surface area contributed by atoms with Gasteiger partial charge in [-0.15, -0.1) is 0 Å². The number of hydrogen-bond acceptors (Lipinski definition) is 9. The molecule has 2 amide bonds. The molecule has 1 aliphatic heterocycles. The lowest BCUT2D eigenvalue weighted by Gasteiger charge is -2.30. The third kappa shape index (κ3) is 8.62. The molecule has 1 saturated heterocycles. The fraction of sp³-hybridized carbons (Fsp3) is 0.289. The van der Waals surface area contributed by atoms with Crippen molar-refractivity contribution < 1.29 is 55.3 Å². The monoisotopic (exact) mass is 874 g/mol. The van der Waals surface area contributed by atoms with Crippen molar-refractivity contribution in [3.8, 4) is 16.9 Å². The van der Waals surface area contributed by atoms with Gasteiger partial charge in [0, 0.05) is 36.2 Å². The number of nitrogens with one attached hydrogen (secondary N) is 1. The van der Waals surface area contributed by atoms with Crippen LogP contribution < -0.4 is 21.3 Å². The summed E-state index contributed by atoms with van der Waals surface area (Å²) in [5.74, 6) is -18.4. The van der Waals surface area contributed by atoms with Gasteiger partial charge in [0.15, 0.2) is 0 Å². The van der Waals surface area contributed by atoms with Gasteiger partial charge in [-0.3, -0.25) is 19.0 Å². The highest BCUT2D eigenvalue weighted by Gasteiger charge is 2.46. The van der Waals surface area contributed by atoms with Crippen molar-refractivity contribution in [2.75, 3.05) is 19.8 Å². The number of carbonyl (C=O) groups is 4. The zero-order valence-corrected chi connectivity index (χ0v) is 34.1. The van der Waals surface area contributed by atoms with Gasteiger partial charge in [0.1, 0.15) is 18.7 Å². The highest BCUT2D eigenvalue weighted by molar-refractivity contribution is 5.95. The molecule has 0 bridgehead atoms. The van der Waals surface area contributed by atoms with Crippen LogP contribution in [-0.4, -0.2) is 75.4 Å². The molecule has 3 atom stereocenters. The minimum Gasteiger partial charge on any atom is -0.449 e. The summed E-state index contributed by atoms with van der Waals surface area (Å²) in [6, 6.07) is 17.6. The van der Waals surface area contributed by atoms with E-state index in [2.05, 4.69) is 5.32 Å². The number of rotatable bonds is 10. The summed E-state index contributed by atoms with van der Waals surface area (Å²) in [6.07, 6.45) is -0.614. The topological polar surface area (TPSA) is 155 Å². The van der Waals surface area contributed by atoms with E-state index >= 15 is 0 Å². The molecule has 5 aromatic rings. The summed E-state index contributed by atoms with van der Waals surface area (Å²) in [4.78, 5) is 83.6. The molecule has 1 fully saturated rings. The van der Waals surface area contributed by atoms with Gasteiger partial charge in [-0.2, -0.15) is 13.3 Å².